The second-order valence-corrected chi connectivity index (χ2v) is 8.45. The van der Waals surface area contributed by atoms with Gasteiger partial charge in [0.2, 0.25) is 5.91 Å². The molecule has 4 rings (SSSR count). The third-order valence-corrected chi connectivity index (χ3v) is 6.40. The molecule has 8 heteroatoms. The van der Waals surface area contributed by atoms with Gasteiger partial charge in [-0.1, -0.05) is 23.7 Å². The van der Waals surface area contributed by atoms with Crippen molar-refractivity contribution in [3.63, 3.8) is 0 Å². The monoisotopic (exact) mass is 420 g/mol. The second kappa shape index (κ2) is 9.22. The number of nitrogens with zero attached hydrogens (tertiary/aromatic N) is 4. The van der Waals surface area contributed by atoms with Gasteiger partial charge < -0.3 is 14.5 Å². The number of morpholine rings is 1. The van der Waals surface area contributed by atoms with E-state index in [0.717, 1.165) is 75.4 Å². The third kappa shape index (κ3) is 5.03. The highest BCUT2D eigenvalue weighted by molar-refractivity contribution is 7.13. The lowest BCUT2D eigenvalue weighted by molar-refractivity contribution is -0.130. The molecule has 0 saturated carbocycles. The van der Waals surface area contributed by atoms with Crippen LogP contribution in [0.2, 0.25) is 5.02 Å². The second-order valence-electron chi connectivity index (χ2n) is 7.18. The van der Waals surface area contributed by atoms with Crippen molar-refractivity contribution in [2.75, 3.05) is 57.4 Å². The van der Waals surface area contributed by atoms with Gasteiger partial charge >= 0.3 is 0 Å². The largest absolute Gasteiger partial charge is 0.379 e. The Hall–Kier alpha value is -1.67. The van der Waals surface area contributed by atoms with Crippen molar-refractivity contribution in [1.29, 1.82) is 0 Å². The number of piperazine rings is 1. The van der Waals surface area contributed by atoms with Gasteiger partial charge in [0, 0.05) is 56.2 Å². The van der Waals surface area contributed by atoms with Gasteiger partial charge in [0.15, 0.2) is 5.13 Å². The normalized spacial score (nSPS) is 18.5. The van der Waals surface area contributed by atoms with Gasteiger partial charge in [0.1, 0.15) is 0 Å². The first-order valence-corrected chi connectivity index (χ1v) is 10.9. The van der Waals surface area contributed by atoms with Gasteiger partial charge in [0.05, 0.1) is 25.3 Å². The first kappa shape index (κ1) is 19.6. The smallest absolute Gasteiger partial charge is 0.227 e. The third-order valence-electron chi connectivity index (χ3n) is 5.20. The van der Waals surface area contributed by atoms with Crippen LogP contribution in [0.25, 0.3) is 0 Å². The van der Waals surface area contributed by atoms with Crippen LogP contribution in [0.3, 0.4) is 0 Å². The van der Waals surface area contributed by atoms with E-state index < -0.39 is 0 Å². The summed E-state index contributed by atoms with van der Waals surface area (Å²) in [4.78, 5) is 24.0. The van der Waals surface area contributed by atoms with Gasteiger partial charge in [-0.05, 0) is 17.7 Å². The minimum Gasteiger partial charge on any atom is -0.379 e. The number of ether oxygens (including phenoxy) is 1. The molecule has 2 saturated heterocycles. The van der Waals surface area contributed by atoms with Crippen molar-refractivity contribution in [2.24, 2.45) is 0 Å². The summed E-state index contributed by atoms with van der Waals surface area (Å²) in [5.41, 5.74) is 2.13. The van der Waals surface area contributed by atoms with Crippen LogP contribution in [0.5, 0.6) is 0 Å². The fourth-order valence-corrected chi connectivity index (χ4v) is 4.53. The predicted molar refractivity (Wildman–Crippen MR) is 112 cm³/mol. The maximum Gasteiger partial charge on any atom is 0.227 e. The summed E-state index contributed by atoms with van der Waals surface area (Å²) in [5.74, 6) is 0.175. The Kier molecular flexibility index (Phi) is 6.47. The first-order chi connectivity index (χ1) is 13.7. The topological polar surface area (TPSA) is 48.9 Å². The molecular formula is C20H25ClN4O2S. The Balaban J connectivity index is 1.26. The fraction of sp³-hybridized carbons (Fsp3) is 0.500. The quantitative estimate of drug-likeness (QED) is 0.743. The van der Waals surface area contributed by atoms with Crippen LogP contribution < -0.4 is 4.90 Å². The van der Waals surface area contributed by atoms with Crippen molar-refractivity contribution in [3.05, 3.63) is 45.9 Å². The number of amides is 1. The lowest BCUT2D eigenvalue weighted by Gasteiger charge is -2.34. The number of thiazole rings is 1. The van der Waals surface area contributed by atoms with Crippen LogP contribution in [0, 0.1) is 0 Å². The highest BCUT2D eigenvalue weighted by Crippen LogP contribution is 2.23. The Morgan fingerprint density at radius 1 is 1.07 bits per heavy atom. The molecule has 0 aliphatic carbocycles. The highest BCUT2D eigenvalue weighted by Gasteiger charge is 2.23. The van der Waals surface area contributed by atoms with Crippen molar-refractivity contribution < 1.29 is 9.53 Å². The van der Waals surface area contributed by atoms with Gasteiger partial charge in [-0.15, -0.1) is 11.3 Å². The first-order valence-electron chi connectivity index (χ1n) is 9.69. The number of carbonyl (C=O) groups excluding carboxylic acids is 1. The van der Waals surface area contributed by atoms with E-state index in [-0.39, 0.29) is 5.91 Å². The molecule has 0 spiro atoms. The predicted octanol–water partition coefficient (Wildman–Crippen LogP) is 2.52. The van der Waals surface area contributed by atoms with E-state index in [0.29, 0.717) is 11.4 Å². The molecule has 2 fully saturated rings. The van der Waals surface area contributed by atoms with E-state index in [2.05, 4.69) is 15.2 Å². The van der Waals surface area contributed by atoms with Crippen molar-refractivity contribution >= 4 is 34.0 Å². The summed E-state index contributed by atoms with van der Waals surface area (Å²) in [5, 5.41) is 3.91. The van der Waals surface area contributed by atoms with E-state index in [1.54, 1.807) is 11.3 Å². The zero-order chi connectivity index (χ0) is 19.3. The molecule has 1 amide bonds. The summed E-state index contributed by atoms with van der Waals surface area (Å²) in [6.07, 6.45) is 0.429. The molecule has 150 valence electrons. The minimum absolute atomic E-state index is 0.175. The highest BCUT2D eigenvalue weighted by atomic mass is 35.5. The molecule has 28 heavy (non-hydrogen) atoms. The molecule has 0 radical (unpaired) electrons. The van der Waals surface area contributed by atoms with E-state index in [1.807, 2.05) is 29.2 Å². The summed E-state index contributed by atoms with van der Waals surface area (Å²) in [7, 11) is 0. The Labute approximate surface area is 174 Å². The summed E-state index contributed by atoms with van der Waals surface area (Å²) in [6.45, 7) is 7.59. The number of halogens is 1. The van der Waals surface area contributed by atoms with E-state index in [1.165, 1.54) is 0 Å². The van der Waals surface area contributed by atoms with Crippen LogP contribution in [-0.2, 0) is 22.5 Å². The molecule has 1 aromatic heterocycles. The number of carbonyl (C=O) groups is 1. The van der Waals surface area contributed by atoms with Gasteiger partial charge in [-0.3, -0.25) is 9.69 Å². The minimum atomic E-state index is 0.175. The van der Waals surface area contributed by atoms with Gasteiger partial charge in [0.25, 0.3) is 0 Å². The summed E-state index contributed by atoms with van der Waals surface area (Å²) in [6, 6.07) is 7.50. The lowest BCUT2D eigenvalue weighted by atomic mass is 10.1. The van der Waals surface area contributed by atoms with Crippen LogP contribution in [-0.4, -0.2) is 73.2 Å². The molecule has 3 heterocycles. The number of hydrogen-bond acceptors (Lipinski definition) is 6. The molecule has 2 aliphatic rings. The molecule has 0 N–H and O–H groups in total. The average Bonchev–Trinajstić information content (AvgIpc) is 3.19. The number of anilines is 1. The fourth-order valence-electron chi connectivity index (χ4n) is 3.54. The molecule has 2 aliphatic heterocycles. The molecule has 6 nitrogen and oxygen atoms in total. The molecule has 0 bridgehead atoms. The van der Waals surface area contributed by atoms with Gasteiger partial charge in [-0.2, -0.15) is 0 Å². The number of aromatic nitrogens is 1. The maximum absolute atomic E-state index is 12.6. The Bertz CT molecular complexity index is 784. The van der Waals surface area contributed by atoms with Crippen molar-refractivity contribution in [1.82, 2.24) is 14.8 Å². The molecular weight excluding hydrogens is 396 g/mol. The number of rotatable bonds is 5. The zero-order valence-corrected chi connectivity index (χ0v) is 17.4. The van der Waals surface area contributed by atoms with Crippen molar-refractivity contribution in [3.8, 4) is 0 Å². The van der Waals surface area contributed by atoms with Crippen LogP contribution in [0.4, 0.5) is 5.13 Å². The van der Waals surface area contributed by atoms with E-state index in [9.17, 15) is 4.79 Å². The Morgan fingerprint density at radius 3 is 2.50 bits per heavy atom. The maximum atomic E-state index is 12.6. The Morgan fingerprint density at radius 2 is 1.79 bits per heavy atom. The SMILES string of the molecule is O=C(Cc1ccc(Cl)cc1)N1CCN(c2nc(CN3CCOCC3)cs2)CC1. The lowest BCUT2D eigenvalue weighted by Crippen LogP contribution is -2.49. The molecule has 2 aromatic rings. The van der Waals surface area contributed by atoms with Crippen LogP contribution >= 0.6 is 22.9 Å². The van der Waals surface area contributed by atoms with E-state index >= 15 is 0 Å². The molecule has 1 aromatic carbocycles. The van der Waals surface area contributed by atoms with Gasteiger partial charge in [-0.25, -0.2) is 4.98 Å². The standard InChI is InChI=1S/C20H25ClN4O2S/c21-17-3-1-16(2-4-17)13-19(26)24-5-7-25(8-6-24)20-22-18(15-28-20)14-23-9-11-27-12-10-23/h1-4,15H,5-14H2. The molecule has 0 unspecified atom stereocenters. The summed E-state index contributed by atoms with van der Waals surface area (Å²) >= 11 is 7.61. The van der Waals surface area contributed by atoms with Crippen LogP contribution in [0.1, 0.15) is 11.3 Å². The molecule has 0 atom stereocenters. The average molecular weight is 421 g/mol. The number of hydrogen-bond donors (Lipinski definition) is 0. The van der Waals surface area contributed by atoms with E-state index in [4.69, 9.17) is 21.3 Å². The van der Waals surface area contributed by atoms with Crippen molar-refractivity contribution in [2.45, 2.75) is 13.0 Å². The zero-order valence-electron chi connectivity index (χ0n) is 15.8. The summed E-state index contributed by atoms with van der Waals surface area (Å²) < 4.78 is 5.40. The van der Waals surface area contributed by atoms with Crippen LogP contribution in [0.15, 0.2) is 29.6 Å². The number of benzene rings is 1.